The van der Waals surface area contributed by atoms with Gasteiger partial charge in [0.25, 0.3) is 0 Å². The standard InChI is InChI=1S/C47H31N3/c1-47(35-18-6-3-7-19-35)40-23-13-12-22-38(40)39-29-34(26-27-41(39)47)45-48-44(31-15-4-2-5-16-31)49-46(50-45)43-37-21-11-9-17-32(37)28-33-25-24-30-14-8-10-20-36(30)42(33)43/h2-29H,1H3. The van der Waals surface area contributed by atoms with Gasteiger partial charge in [-0.3, -0.25) is 0 Å². The monoisotopic (exact) mass is 637 g/mol. The van der Waals surface area contributed by atoms with Crippen molar-refractivity contribution in [2.75, 3.05) is 0 Å². The van der Waals surface area contributed by atoms with Crippen LogP contribution in [0.25, 0.3) is 77.6 Å². The van der Waals surface area contributed by atoms with Crippen LogP contribution < -0.4 is 0 Å². The minimum atomic E-state index is -0.270. The van der Waals surface area contributed by atoms with Crippen LogP contribution in [0.5, 0.6) is 0 Å². The third kappa shape index (κ3) is 4.27. The summed E-state index contributed by atoms with van der Waals surface area (Å²) in [7, 11) is 0. The van der Waals surface area contributed by atoms with Crippen LogP contribution >= 0.6 is 0 Å². The molecule has 0 radical (unpaired) electrons. The van der Waals surface area contributed by atoms with Gasteiger partial charge >= 0.3 is 0 Å². The first-order chi connectivity index (χ1) is 24.7. The quantitative estimate of drug-likeness (QED) is 0.142. The van der Waals surface area contributed by atoms with E-state index in [-0.39, 0.29) is 5.41 Å². The SMILES string of the molecule is CC1(c2ccccc2)c2ccccc2-c2cc(-c3nc(-c4ccccc4)nc(-c4c5ccccc5cc5ccc6ccccc6c45)n3)ccc21. The van der Waals surface area contributed by atoms with Crippen molar-refractivity contribution in [3.63, 3.8) is 0 Å². The number of rotatable bonds is 4. The zero-order valence-electron chi connectivity index (χ0n) is 27.5. The van der Waals surface area contributed by atoms with Gasteiger partial charge in [0.2, 0.25) is 0 Å². The van der Waals surface area contributed by atoms with Crippen LogP contribution in [-0.2, 0) is 5.41 Å². The zero-order chi connectivity index (χ0) is 33.2. The van der Waals surface area contributed by atoms with Crippen molar-refractivity contribution in [1.82, 2.24) is 15.0 Å². The summed E-state index contributed by atoms with van der Waals surface area (Å²) < 4.78 is 0. The highest BCUT2D eigenvalue weighted by atomic mass is 15.0. The largest absolute Gasteiger partial charge is 0.208 e. The first kappa shape index (κ1) is 28.6. The van der Waals surface area contributed by atoms with E-state index in [2.05, 4.69) is 159 Å². The minimum Gasteiger partial charge on any atom is -0.208 e. The van der Waals surface area contributed by atoms with Gasteiger partial charge in [0.1, 0.15) is 0 Å². The fraction of sp³-hybridized carbons (Fsp3) is 0.0426. The molecule has 1 atom stereocenters. The number of aromatic nitrogens is 3. The number of hydrogen-bond acceptors (Lipinski definition) is 3. The van der Waals surface area contributed by atoms with E-state index < -0.39 is 0 Å². The molecular formula is C47H31N3. The first-order valence-corrected chi connectivity index (χ1v) is 17.1. The van der Waals surface area contributed by atoms with Crippen molar-refractivity contribution in [2.45, 2.75) is 12.3 Å². The number of fused-ring (bicyclic) bond motifs is 7. The predicted molar refractivity (Wildman–Crippen MR) is 206 cm³/mol. The molecule has 1 aliphatic carbocycles. The van der Waals surface area contributed by atoms with E-state index in [1.807, 2.05) is 18.2 Å². The van der Waals surface area contributed by atoms with Gasteiger partial charge in [-0.2, -0.15) is 0 Å². The molecule has 1 unspecified atom stereocenters. The Bertz CT molecular complexity index is 2770. The van der Waals surface area contributed by atoms with E-state index in [9.17, 15) is 0 Å². The smallest absolute Gasteiger partial charge is 0.165 e. The normalized spacial score (nSPS) is 15.0. The number of nitrogens with zero attached hydrogens (tertiary/aromatic N) is 3. The van der Waals surface area contributed by atoms with Crippen LogP contribution in [0, 0.1) is 0 Å². The molecule has 0 saturated heterocycles. The highest BCUT2D eigenvalue weighted by Gasteiger charge is 2.40. The van der Waals surface area contributed by atoms with E-state index in [1.165, 1.54) is 38.6 Å². The Morgan fingerprint density at radius 2 is 1.00 bits per heavy atom. The van der Waals surface area contributed by atoms with Crippen LogP contribution in [-0.4, -0.2) is 15.0 Å². The van der Waals surface area contributed by atoms with Crippen molar-refractivity contribution in [3.05, 3.63) is 187 Å². The number of benzene rings is 8. The molecule has 0 bridgehead atoms. The Morgan fingerprint density at radius 1 is 0.400 bits per heavy atom. The second-order valence-electron chi connectivity index (χ2n) is 13.3. The first-order valence-electron chi connectivity index (χ1n) is 17.1. The van der Waals surface area contributed by atoms with Crippen molar-refractivity contribution in [3.8, 4) is 45.3 Å². The van der Waals surface area contributed by atoms with Crippen molar-refractivity contribution in [2.24, 2.45) is 0 Å². The molecule has 234 valence electrons. The fourth-order valence-electron chi connectivity index (χ4n) is 8.13. The molecule has 0 fully saturated rings. The molecule has 3 nitrogen and oxygen atoms in total. The fourth-order valence-corrected chi connectivity index (χ4v) is 8.13. The molecule has 1 aliphatic rings. The summed E-state index contributed by atoms with van der Waals surface area (Å²) in [6.07, 6.45) is 0. The molecule has 1 aromatic heterocycles. The predicted octanol–water partition coefficient (Wildman–Crippen LogP) is 11.7. The van der Waals surface area contributed by atoms with Gasteiger partial charge in [0.05, 0.1) is 0 Å². The molecule has 0 saturated carbocycles. The van der Waals surface area contributed by atoms with Gasteiger partial charge in [0, 0.05) is 27.5 Å². The Labute approximate surface area is 290 Å². The molecule has 0 spiro atoms. The Kier molecular flexibility index (Phi) is 6.31. The summed E-state index contributed by atoms with van der Waals surface area (Å²) in [5, 5.41) is 6.96. The van der Waals surface area contributed by atoms with Crippen LogP contribution in [0.3, 0.4) is 0 Å². The maximum absolute atomic E-state index is 5.36. The lowest BCUT2D eigenvalue weighted by atomic mass is 9.74. The van der Waals surface area contributed by atoms with E-state index in [1.54, 1.807) is 0 Å². The lowest BCUT2D eigenvalue weighted by Crippen LogP contribution is -2.22. The minimum absolute atomic E-state index is 0.270. The van der Waals surface area contributed by atoms with Gasteiger partial charge in [-0.05, 0) is 73.8 Å². The van der Waals surface area contributed by atoms with E-state index >= 15 is 0 Å². The second-order valence-corrected chi connectivity index (χ2v) is 13.3. The summed E-state index contributed by atoms with van der Waals surface area (Å²) in [6, 6.07) is 60.5. The molecule has 9 aromatic rings. The van der Waals surface area contributed by atoms with Gasteiger partial charge < -0.3 is 0 Å². The van der Waals surface area contributed by atoms with Crippen molar-refractivity contribution < 1.29 is 0 Å². The number of hydrogen-bond donors (Lipinski definition) is 0. The third-order valence-electron chi connectivity index (χ3n) is 10.6. The molecule has 0 amide bonds. The zero-order valence-corrected chi connectivity index (χ0v) is 27.5. The van der Waals surface area contributed by atoms with E-state index in [4.69, 9.17) is 15.0 Å². The Hall–Kier alpha value is -6.45. The second kappa shape index (κ2) is 11.0. The highest BCUT2D eigenvalue weighted by Crippen LogP contribution is 2.53. The van der Waals surface area contributed by atoms with Crippen LogP contribution in [0.1, 0.15) is 23.6 Å². The van der Waals surface area contributed by atoms with Gasteiger partial charge in [0.15, 0.2) is 17.5 Å². The van der Waals surface area contributed by atoms with Crippen LogP contribution in [0.4, 0.5) is 0 Å². The Morgan fingerprint density at radius 3 is 1.82 bits per heavy atom. The lowest BCUT2D eigenvalue weighted by Gasteiger charge is -2.28. The maximum atomic E-state index is 5.36. The van der Waals surface area contributed by atoms with Gasteiger partial charge in [-0.25, -0.2) is 15.0 Å². The van der Waals surface area contributed by atoms with Gasteiger partial charge in [-0.15, -0.1) is 0 Å². The summed E-state index contributed by atoms with van der Waals surface area (Å²) in [6.45, 7) is 2.34. The highest BCUT2D eigenvalue weighted by molar-refractivity contribution is 6.21. The van der Waals surface area contributed by atoms with E-state index in [0.717, 1.165) is 38.2 Å². The molecule has 8 aromatic carbocycles. The van der Waals surface area contributed by atoms with E-state index in [0.29, 0.717) is 17.5 Å². The van der Waals surface area contributed by atoms with Gasteiger partial charge in [-0.1, -0.05) is 158 Å². The Balaban J connectivity index is 1.26. The average molecular weight is 638 g/mol. The molecule has 0 N–H and O–H groups in total. The summed E-state index contributed by atoms with van der Waals surface area (Å²) in [4.78, 5) is 15.8. The molecular weight excluding hydrogens is 607 g/mol. The van der Waals surface area contributed by atoms with Crippen molar-refractivity contribution >= 4 is 32.3 Å². The summed E-state index contributed by atoms with van der Waals surface area (Å²) in [5.74, 6) is 1.98. The molecule has 1 heterocycles. The molecule has 10 rings (SSSR count). The average Bonchev–Trinajstić information content (AvgIpc) is 3.45. The molecule has 50 heavy (non-hydrogen) atoms. The van der Waals surface area contributed by atoms with Crippen LogP contribution in [0.2, 0.25) is 0 Å². The lowest BCUT2D eigenvalue weighted by molar-refractivity contribution is 0.714. The van der Waals surface area contributed by atoms with Crippen molar-refractivity contribution in [1.29, 1.82) is 0 Å². The van der Waals surface area contributed by atoms with Crippen LogP contribution in [0.15, 0.2) is 170 Å². The molecule has 3 heteroatoms. The maximum Gasteiger partial charge on any atom is 0.165 e. The topological polar surface area (TPSA) is 38.7 Å². The molecule has 0 aliphatic heterocycles. The third-order valence-corrected chi connectivity index (χ3v) is 10.6. The summed E-state index contributed by atoms with van der Waals surface area (Å²) in [5.41, 5.74) is 9.03. The summed E-state index contributed by atoms with van der Waals surface area (Å²) >= 11 is 0.